The van der Waals surface area contributed by atoms with Crippen molar-refractivity contribution in [2.24, 2.45) is 0 Å². The second-order valence-electron chi connectivity index (χ2n) is 5.79. The topological polar surface area (TPSA) is 65.8 Å². The maximum absolute atomic E-state index is 13.9. The van der Waals surface area contributed by atoms with Gasteiger partial charge in [0.25, 0.3) is 5.91 Å². The van der Waals surface area contributed by atoms with Crippen molar-refractivity contribution >= 4 is 29.1 Å². The van der Waals surface area contributed by atoms with Crippen LogP contribution in [0.1, 0.15) is 33.2 Å². The number of rotatable bonds is 4. The molecule has 1 aromatic heterocycles. The minimum Gasteiger partial charge on any atom is -0.340 e. The molecule has 3 aromatic rings. The molecule has 0 aliphatic rings. The van der Waals surface area contributed by atoms with Gasteiger partial charge in [-0.1, -0.05) is 29.3 Å². The average Bonchev–Trinajstić information content (AvgIpc) is 2.69. The molecule has 1 heterocycles. The van der Waals surface area contributed by atoms with Gasteiger partial charge in [0.2, 0.25) is 0 Å². The van der Waals surface area contributed by atoms with Crippen LogP contribution in [0.3, 0.4) is 0 Å². The molecule has 3 rings (SSSR count). The number of pyridine rings is 1. The van der Waals surface area contributed by atoms with E-state index in [4.69, 9.17) is 28.5 Å². The molecule has 0 spiro atoms. The largest absolute Gasteiger partial charge is 0.340 e. The molecule has 0 unspecified atom stereocenters. The quantitative estimate of drug-likeness (QED) is 0.645. The van der Waals surface area contributed by atoms with Gasteiger partial charge in [0, 0.05) is 11.8 Å². The summed E-state index contributed by atoms with van der Waals surface area (Å²) in [5, 5.41) is 11.8. The number of aromatic nitrogens is 1. The first-order valence-corrected chi connectivity index (χ1v) is 8.71. The van der Waals surface area contributed by atoms with Gasteiger partial charge in [-0.2, -0.15) is 5.26 Å². The van der Waals surface area contributed by atoms with Gasteiger partial charge in [-0.3, -0.25) is 9.78 Å². The van der Waals surface area contributed by atoms with Crippen LogP contribution in [0.5, 0.6) is 0 Å². The number of nitrogens with zero attached hydrogens (tertiary/aromatic N) is 2. The third kappa shape index (κ3) is 4.28. The number of hydrogen-bond acceptors (Lipinski definition) is 3. The van der Waals surface area contributed by atoms with E-state index in [2.05, 4.69) is 10.3 Å². The predicted molar refractivity (Wildman–Crippen MR) is 101 cm³/mol. The molecule has 4 nitrogen and oxygen atoms in total. The van der Waals surface area contributed by atoms with Crippen molar-refractivity contribution in [1.82, 2.24) is 10.3 Å². The lowest BCUT2D eigenvalue weighted by atomic mass is 10.0. The van der Waals surface area contributed by atoms with Gasteiger partial charge in [-0.15, -0.1) is 0 Å². The molecule has 0 aliphatic heterocycles. The van der Waals surface area contributed by atoms with Crippen LogP contribution in [-0.2, 0) is 0 Å². The highest BCUT2D eigenvalue weighted by Gasteiger charge is 2.21. The zero-order chi connectivity index (χ0) is 20.3. The molecular formula is C20H11Cl2F2N3O. The number of benzene rings is 2. The highest BCUT2D eigenvalue weighted by atomic mass is 35.5. The molecule has 0 radical (unpaired) electrons. The summed E-state index contributed by atoms with van der Waals surface area (Å²) in [7, 11) is 0. The Bertz CT molecular complexity index is 1080. The van der Waals surface area contributed by atoms with Crippen molar-refractivity contribution in [3.05, 3.63) is 98.8 Å². The Hall–Kier alpha value is -3.01. The van der Waals surface area contributed by atoms with E-state index in [0.717, 1.165) is 6.07 Å². The minimum atomic E-state index is -0.838. The summed E-state index contributed by atoms with van der Waals surface area (Å²) >= 11 is 11.6. The minimum absolute atomic E-state index is 0.00454. The lowest BCUT2D eigenvalue weighted by molar-refractivity contribution is 0.0941. The summed E-state index contributed by atoms with van der Waals surface area (Å²) in [6, 6.07) is 11.6. The number of hydrogen-bond donors (Lipinski definition) is 1. The monoisotopic (exact) mass is 417 g/mol. The van der Waals surface area contributed by atoms with Gasteiger partial charge < -0.3 is 5.32 Å². The number of carbonyl (C=O) groups is 1. The van der Waals surface area contributed by atoms with Gasteiger partial charge in [-0.05, 0) is 48.0 Å². The first-order chi connectivity index (χ1) is 13.4. The summed E-state index contributed by atoms with van der Waals surface area (Å²) in [5.41, 5.74) is 0.616. The lowest BCUT2D eigenvalue weighted by Gasteiger charge is -2.19. The SMILES string of the molecule is N#Cc1ccc(C(=O)N[C@@H](c2ccc(Cl)c(F)c2)c2ccc(Cl)cn2)cc1F. The summed E-state index contributed by atoms with van der Waals surface area (Å²) in [5.74, 6) is -2.09. The Kier molecular flexibility index (Phi) is 5.88. The Morgan fingerprint density at radius 3 is 2.46 bits per heavy atom. The molecule has 140 valence electrons. The van der Waals surface area contributed by atoms with Crippen LogP contribution in [-0.4, -0.2) is 10.9 Å². The van der Waals surface area contributed by atoms with Crippen molar-refractivity contribution in [1.29, 1.82) is 5.26 Å². The third-order valence-electron chi connectivity index (χ3n) is 3.95. The zero-order valence-corrected chi connectivity index (χ0v) is 15.6. The van der Waals surface area contributed by atoms with Crippen LogP contribution in [0.4, 0.5) is 8.78 Å². The molecular weight excluding hydrogens is 407 g/mol. The van der Waals surface area contributed by atoms with Crippen LogP contribution in [0, 0.1) is 23.0 Å². The van der Waals surface area contributed by atoms with E-state index < -0.39 is 23.6 Å². The highest BCUT2D eigenvalue weighted by Crippen LogP contribution is 2.26. The standard InChI is InChI=1S/C20H11Cl2F2N3O/c21-14-4-6-18(26-10-14)19(11-3-5-15(22)17(24)7-11)27-20(28)12-1-2-13(9-25)16(23)8-12/h1-8,10,19H,(H,27,28)/t19-/m0/s1. The summed E-state index contributed by atoms with van der Waals surface area (Å²) in [6.45, 7) is 0. The highest BCUT2D eigenvalue weighted by molar-refractivity contribution is 6.30. The van der Waals surface area contributed by atoms with Crippen LogP contribution >= 0.6 is 23.2 Å². The lowest BCUT2D eigenvalue weighted by Crippen LogP contribution is -2.30. The van der Waals surface area contributed by atoms with E-state index in [-0.39, 0.29) is 16.1 Å². The molecule has 0 fully saturated rings. The second kappa shape index (κ2) is 8.34. The molecule has 8 heteroatoms. The number of carbonyl (C=O) groups excluding carboxylic acids is 1. The van der Waals surface area contributed by atoms with Gasteiger partial charge in [0.15, 0.2) is 0 Å². The van der Waals surface area contributed by atoms with Crippen molar-refractivity contribution in [3.63, 3.8) is 0 Å². The molecule has 0 saturated heterocycles. The fraction of sp³-hybridized carbons (Fsp3) is 0.0500. The number of halogens is 4. The predicted octanol–water partition coefficient (Wildman–Crippen LogP) is 5.06. The fourth-order valence-electron chi connectivity index (χ4n) is 2.54. The maximum atomic E-state index is 13.9. The third-order valence-corrected chi connectivity index (χ3v) is 4.48. The van der Waals surface area contributed by atoms with Crippen molar-refractivity contribution in [3.8, 4) is 6.07 Å². The molecule has 0 saturated carbocycles. The van der Waals surface area contributed by atoms with Crippen LogP contribution < -0.4 is 5.32 Å². The zero-order valence-electron chi connectivity index (χ0n) is 14.1. The van der Waals surface area contributed by atoms with E-state index >= 15 is 0 Å². The molecule has 1 atom stereocenters. The maximum Gasteiger partial charge on any atom is 0.252 e. The van der Waals surface area contributed by atoms with E-state index in [0.29, 0.717) is 16.3 Å². The number of amides is 1. The number of nitriles is 1. The first-order valence-electron chi connectivity index (χ1n) is 7.96. The van der Waals surface area contributed by atoms with E-state index in [9.17, 15) is 13.6 Å². The molecule has 1 N–H and O–H groups in total. The Balaban J connectivity index is 1.98. The van der Waals surface area contributed by atoms with E-state index in [1.807, 2.05) is 0 Å². The van der Waals surface area contributed by atoms with E-state index in [1.54, 1.807) is 24.3 Å². The molecule has 0 bridgehead atoms. The molecule has 2 aromatic carbocycles. The van der Waals surface area contributed by atoms with Crippen LogP contribution in [0.2, 0.25) is 10.0 Å². The number of nitrogens with one attached hydrogen (secondary N) is 1. The van der Waals surface area contributed by atoms with Gasteiger partial charge >= 0.3 is 0 Å². The van der Waals surface area contributed by atoms with Crippen molar-refractivity contribution in [2.45, 2.75) is 6.04 Å². The summed E-state index contributed by atoms with van der Waals surface area (Å²) in [6.07, 6.45) is 1.39. The Morgan fingerprint density at radius 1 is 1.07 bits per heavy atom. The molecule has 1 amide bonds. The Morgan fingerprint density at radius 2 is 1.86 bits per heavy atom. The average molecular weight is 418 g/mol. The fourth-order valence-corrected chi connectivity index (χ4v) is 2.77. The van der Waals surface area contributed by atoms with E-state index in [1.165, 1.54) is 30.5 Å². The van der Waals surface area contributed by atoms with Crippen LogP contribution in [0.25, 0.3) is 0 Å². The van der Waals surface area contributed by atoms with Crippen molar-refractivity contribution < 1.29 is 13.6 Å². The molecule has 28 heavy (non-hydrogen) atoms. The smallest absolute Gasteiger partial charge is 0.252 e. The summed E-state index contributed by atoms with van der Waals surface area (Å²) < 4.78 is 27.8. The first kappa shape index (κ1) is 19.7. The summed E-state index contributed by atoms with van der Waals surface area (Å²) in [4.78, 5) is 16.8. The van der Waals surface area contributed by atoms with Crippen LogP contribution in [0.15, 0.2) is 54.7 Å². The Labute approximate surface area is 169 Å². The second-order valence-corrected chi connectivity index (χ2v) is 6.63. The van der Waals surface area contributed by atoms with Crippen molar-refractivity contribution in [2.75, 3.05) is 0 Å². The van der Waals surface area contributed by atoms with Gasteiger partial charge in [-0.25, -0.2) is 8.78 Å². The van der Waals surface area contributed by atoms with Gasteiger partial charge in [0.1, 0.15) is 17.7 Å². The molecule has 0 aliphatic carbocycles. The van der Waals surface area contributed by atoms with Gasteiger partial charge in [0.05, 0.1) is 27.3 Å². The normalized spacial score (nSPS) is 11.5.